The third kappa shape index (κ3) is 2.43. The Morgan fingerprint density at radius 1 is 1.38 bits per heavy atom. The lowest BCUT2D eigenvalue weighted by atomic mass is 10.1. The molecule has 0 aliphatic heterocycles. The molecular formula is C11H9Cl2N3. The van der Waals surface area contributed by atoms with Gasteiger partial charge < -0.3 is 0 Å². The quantitative estimate of drug-likeness (QED) is 0.841. The predicted octanol–water partition coefficient (Wildman–Crippen LogP) is 3.30. The Morgan fingerprint density at radius 2 is 2.19 bits per heavy atom. The molecule has 0 bridgehead atoms. The summed E-state index contributed by atoms with van der Waals surface area (Å²) in [6.07, 6.45) is 3.12. The van der Waals surface area contributed by atoms with Crippen LogP contribution >= 0.6 is 23.2 Å². The number of halogens is 2. The number of rotatable bonds is 3. The third-order valence-corrected chi connectivity index (χ3v) is 2.68. The Balaban J connectivity index is 2.21. The first kappa shape index (κ1) is 11.2. The highest BCUT2D eigenvalue weighted by molar-refractivity contribution is 6.35. The number of hydrogen-bond donors (Lipinski definition) is 0. The summed E-state index contributed by atoms with van der Waals surface area (Å²) in [5.74, 6) is 0. The van der Waals surface area contributed by atoms with Gasteiger partial charge in [0.25, 0.3) is 0 Å². The van der Waals surface area contributed by atoms with E-state index in [1.807, 2.05) is 6.07 Å². The highest BCUT2D eigenvalue weighted by Gasteiger charge is 2.06. The SMILES string of the molecule is C=C(Cn1cncn1)c1ccc(Cl)cc1Cl. The van der Waals surface area contributed by atoms with Gasteiger partial charge in [-0.05, 0) is 23.3 Å². The molecule has 0 unspecified atom stereocenters. The second-order valence-corrected chi connectivity index (χ2v) is 4.16. The Kier molecular flexibility index (Phi) is 3.27. The van der Waals surface area contributed by atoms with Gasteiger partial charge in [-0.3, -0.25) is 0 Å². The summed E-state index contributed by atoms with van der Waals surface area (Å²) < 4.78 is 1.69. The molecule has 5 heteroatoms. The molecule has 0 saturated heterocycles. The fourth-order valence-electron chi connectivity index (χ4n) is 1.37. The van der Waals surface area contributed by atoms with Crippen LogP contribution in [0.1, 0.15) is 5.56 Å². The molecule has 82 valence electrons. The predicted molar refractivity (Wildman–Crippen MR) is 65.5 cm³/mol. The van der Waals surface area contributed by atoms with Crippen molar-refractivity contribution in [3.05, 3.63) is 53.0 Å². The van der Waals surface area contributed by atoms with Crippen LogP contribution in [0.3, 0.4) is 0 Å². The van der Waals surface area contributed by atoms with E-state index in [9.17, 15) is 0 Å². The zero-order chi connectivity index (χ0) is 11.5. The molecule has 1 aromatic carbocycles. The second kappa shape index (κ2) is 4.68. The lowest BCUT2D eigenvalue weighted by molar-refractivity contribution is 0.711. The molecule has 0 aliphatic rings. The number of hydrogen-bond acceptors (Lipinski definition) is 2. The van der Waals surface area contributed by atoms with Gasteiger partial charge in [0, 0.05) is 10.0 Å². The molecule has 0 N–H and O–H groups in total. The summed E-state index contributed by atoms with van der Waals surface area (Å²) in [6.45, 7) is 4.53. The van der Waals surface area contributed by atoms with E-state index in [1.54, 1.807) is 23.1 Å². The third-order valence-electron chi connectivity index (χ3n) is 2.13. The molecule has 1 aromatic heterocycles. The van der Waals surface area contributed by atoms with E-state index < -0.39 is 0 Å². The average molecular weight is 254 g/mol. The molecule has 0 radical (unpaired) electrons. The molecule has 0 spiro atoms. The van der Waals surface area contributed by atoms with Crippen LogP contribution in [-0.2, 0) is 6.54 Å². The maximum absolute atomic E-state index is 6.07. The van der Waals surface area contributed by atoms with Gasteiger partial charge >= 0.3 is 0 Å². The van der Waals surface area contributed by atoms with Gasteiger partial charge in [-0.25, -0.2) is 9.67 Å². The van der Waals surface area contributed by atoms with Crippen molar-refractivity contribution in [1.82, 2.24) is 14.8 Å². The fourth-order valence-corrected chi connectivity index (χ4v) is 1.91. The number of benzene rings is 1. The van der Waals surface area contributed by atoms with E-state index >= 15 is 0 Å². The molecule has 0 aliphatic carbocycles. The van der Waals surface area contributed by atoms with Crippen molar-refractivity contribution in [3.8, 4) is 0 Å². The molecule has 16 heavy (non-hydrogen) atoms. The van der Waals surface area contributed by atoms with Gasteiger partial charge in [-0.15, -0.1) is 0 Å². The molecular weight excluding hydrogens is 245 g/mol. The normalized spacial score (nSPS) is 10.4. The van der Waals surface area contributed by atoms with Gasteiger partial charge in [-0.2, -0.15) is 5.10 Å². The molecule has 0 fully saturated rings. The van der Waals surface area contributed by atoms with Crippen molar-refractivity contribution in [2.45, 2.75) is 6.54 Å². The maximum Gasteiger partial charge on any atom is 0.137 e. The van der Waals surface area contributed by atoms with Crippen molar-refractivity contribution in [2.24, 2.45) is 0 Å². The summed E-state index contributed by atoms with van der Waals surface area (Å²) in [7, 11) is 0. The fraction of sp³-hybridized carbons (Fsp3) is 0.0909. The molecule has 2 rings (SSSR count). The minimum absolute atomic E-state index is 0.557. The first-order valence-electron chi connectivity index (χ1n) is 4.62. The van der Waals surface area contributed by atoms with Crippen LogP contribution in [0.5, 0.6) is 0 Å². The van der Waals surface area contributed by atoms with Crippen molar-refractivity contribution in [1.29, 1.82) is 0 Å². The van der Waals surface area contributed by atoms with E-state index in [0.717, 1.165) is 11.1 Å². The Labute approximate surface area is 103 Å². The Morgan fingerprint density at radius 3 is 2.81 bits per heavy atom. The number of nitrogens with zero attached hydrogens (tertiary/aromatic N) is 3. The first-order valence-corrected chi connectivity index (χ1v) is 5.38. The summed E-state index contributed by atoms with van der Waals surface area (Å²) >= 11 is 11.9. The summed E-state index contributed by atoms with van der Waals surface area (Å²) in [4.78, 5) is 3.86. The van der Waals surface area contributed by atoms with Crippen LogP contribution in [0.4, 0.5) is 0 Å². The van der Waals surface area contributed by atoms with Crippen LogP contribution < -0.4 is 0 Å². The van der Waals surface area contributed by atoms with Crippen LogP contribution in [-0.4, -0.2) is 14.8 Å². The summed E-state index contributed by atoms with van der Waals surface area (Å²) in [6, 6.07) is 5.34. The topological polar surface area (TPSA) is 30.7 Å². The Bertz CT molecular complexity index is 506. The minimum Gasteiger partial charge on any atom is -0.249 e. The monoisotopic (exact) mass is 253 g/mol. The first-order chi connectivity index (χ1) is 7.66. The lowest BCUT2D eigenvalue weighted by Crippen LogP contribution is -2.00. The van der Waals surface area contributed by atoms with Crippen molar-refractivity contribution < 1.29 is 0 Å². The van der Waals surface area contributed by atoms with Gasteiger partial charge in [-0.1, -0.05) is 35.8 Å². The molecule has 1 heterocycles. The Hall–Kier alpha value is -1.32. The van der Waals surface area contributed by atoms with E-state index in [1.165, 1.54) is 6.33 Å². The summed E-state index contributed by atoms with van der Waals surface area (Å²) in [5, 5.41) is 5.21. The molecule has 3 nitrogen and oxygen atoms in total. The summed E-state index contributed by atoms with van der Waals surface area (Å²) in [5.41, 5.74) is 1.74. The smallest absolute Gasteiger partial charge is 0.137 e. The molecule has 0 amide bonds. The number of allylic oxidation sites excluding steroid dienone is 1. The minimum atomic E-state index is 0.557. The van der Waals surface area contributed by atoms with Crippen molar-refractivity contribution >= 4 is 28.8 Å². The number of aromatic nitrogens is 3. The molecule has 2 aromatic rings. The van der Waals surface area contributed by atoms with Gasteiger partial charge in [0.1, 0.15) is 12.7 Å². The standard InChI is InChI=1S/C11H9Cl2N3/c1-8(5-16-7-14-6-15-16)10-3-2-9(12)4-11(10)13/h2-4,6-7H,1,5H2. The van der Waals surface area contributed by atoms with Crippen LogP contribution in [0.25, 0.3) is 5.57 Å². The lowest BCUT2D eigenvalue weighted by Gasteiger charge is -2.08. The van der Waals surface area contributed by atoms with Crippen LogP contribution in [0.2, 0.25) is 10.0 Å². The maximum atomic E-state index is 6.07. The van der Waals surface area contributed by atoms with E-state index in [2.05, 4.69) is 16.7 Å². The van der Waals surface area contributed by atoms with Crippen molar-refractivity contribution in [2.75, 3.05) is 0 Å². The zero-order valence-electron chi connectivity index (χ0n) is 8.40. The van der Waals surface area contributed by atoms with Gasteiger partial charge in [0.2, 0.25) is 0 Å². The largest absolute Gasteiger partial charge is 0.249 e. The van der Waals surface area contributed by atoms with E-state index in [-0.39, 0.29) is 0 Å². The van der Waals surface area contributed by atoms with E-state index in [4.69, 9.17) is 23.2 Å². The zero-order valence-corrected chi connectivity index (χ0v) is 9.91. The van der Waals surface area contributed by atoms with Gasteiger partial charge in [0.15, 0.2) is 0 Å². The van der Waals surface area contributed by atoms with E-state index in [0.29, 0.717) is 16.6 Å². The van der Waals surface area contributed by atoms with Crippen LogP contribution in [0, 0.1) is 0 Å². The highest BCUT2D eigenvalue weighted by atomic mass is 35.5. The molecule has 0 atom stereocenters. The van der Waals surface area contributed by atoms with Crippen molar-refractivity contribution in [3.63, 3.8) is 0 Å². The average Bonchev–Trinajstić information content (AvgIpc) is 2.70. The second-order valence-electron chi connectivity index (χ2n) is 3.32. The highest BCUT2D eigenvalue weighted by Crippen LogP contribution is 2.26. The molecule has 0 saturated carbocycles. The van der Waals surface area contributed by atoms with Gasteiger partial charge in [0.05, 0.1) is 6.54 Å². The van der Waals surface area contributed by atoms with Crippen LogP contribution in [0.15, 0.2) is 37.4 Å².